The summed E-state index contributed by atoms with van der Waals surface area (Å²) in [6.07, 6.45) is 4.33. The van der Waals surface area contributed by atoms with Crippen molar-refractivity contribution in [1.82, 2.24) is 24.9 Å². The van der Waals surface area contributed by atoms with Crippen LogP contribution in [0.15, 0.2) is 47.1 Å². The summed E-state index contributed by atoms with van der Waals surface area (Å²) in [5, 5.41) is 10.9. The molecule has 1 N–H and O–H groups in total. The molecule has 0 saturated carbocycles. The minimum absolute atomic E-state index is 0.0709. The van der Waals surface area contributed by atoms with Crippen molar-refractivity contribution in [2.45, 2.75) is 25.8 Å². The standard InChI is InChI=1S/C23H21F3N6O2/c1-13-3-2-8-31(19(13)12-27-23-30-17-10-14(24)4-5-20(17)34-23)22(33)21-16(26)9-15(25)11-18(21)32-28-6-7-29-32/h4-7,9-11,13,19H,2-3,8,12H2,1H3,(H,27,30)/t13-,19-/m1/s1. The van der Waals surface area contributed by atoms with Gasteiger partial charge in [0.2, 0.25) is 0 Å². The molecule has 1 fully saturated rings. The maximum absolute atomic E-state index is 14.9. The molecule has 8 nitrogen and oxygen atoms in total. The highest BCUT2D eigenvalue weighted by atomic mass is 19.1. The number of rotatable bonds is 5. The van der Waals surface area contributed by atoms with Gasteiger partial charge in [-0.15, -0.1) is 0 Å². The van der Waals surface area contributed by atoms with E-state index in [-0.39, 0.29) is 35.8 Å². The molecule has 11 heteroatoms. The fraction of sp³-hybridized carbons (Fsp3) is 0.304. The number of halogens is 3. The summed E-state index contributed by atoms with van der Waals surface area (Å²) in [4.78, 5) is 20.4. The lowest BCUT2D eigenvalue weighted by molar-refractivity contribution is 0.0534. The fourth-order valence-electron chi connectivity index (χ4n) is 4.39. The van der Waals surface area contributed by atoms with Crippen molar-refractivity contribution < 1.29 is 22.4 Å². The van der Waals surface area contributed by atoms with E-state index in [1.807, 2.05) is 6.92 Å². The fourth-order valence-corrected chi connectivity index (χ4v) is 4.39. The summed E-state index contributed by atoms with van der Waals surface area (Å²) in [6, 6.07) is 5.63. The maximum Gasteiger partial charge on any atom is 0.295 e. The zero-order valence-corrected chi connectivity index (χ0v) is 18.2. The third-order valence-electron chi connectivity index (χ3n) is 6.07. The Bertz CT molecular complexity index is 1340. The summed E-state index contributed by atoms with van der Waals surface area (Å²) in [6.45, 7) is 2.68. The number of carbonyl (C=O) groups excluding carboxylic acids is 1. The highest BCUT2D eigenvalue weighted by Crippen LogP contribution is 2.29. The van der Waals surface area contributed by atoms with Crippen LogP contribution in [0.25, 0.3) is 16.8 Å². The zero-order chi connectivity index (χ0) is 23.8. The van der Waals surface area contributed by atoms with Crippen LogP contribution in [0.2, 0.25) is 0 Å². The van der Waals surface area contributed by atoms with Gasteiger partial charge in [-0.05, 0) is 30.9 Å². The highest BCUT2D eigenvalue weighted by Gasteiger charge is 2.35. The molecule has 0 unspecified atom stereocenters. The van der Waals surface area contributed by atoms with Gasteiger partial charge in [0.05, 0.1) is 18.4 Å². The Morgan fingerprint density at radius 2 is 1.94 bits per heavy atom. The largest absolute Gasteiger partial charge is 0.424 e. The van der Waals surface area contributed by atoms with Gasteiger partial charge in [-0.3, -0.25) is 4.79 Å². The lowest BCUT2D eigenvalue weighted by Gasteiger charge is -2.40. The van der Waals surface area contributed by atoms with Crippen LogP contribution >= 0.6 is 0 Å². The van der Waals surface area contributed by atoms with Gasteiger partial charge in [-0.2, -0.15) is 20.0 Å². The molecule has 2 aromatic carbocycles. The molecule has 0 bridgehead atoms. The highest BCUT2D eigenvalue weighted by molar-refractivity contribution is 5.98. The van der Waals surface area contributed by atoms with Gasteiger partial charge in [0.15, 0.2) is 5.58 Å². The van der Waals surface area contributed by atoms with E-state index in [1.54, 1.807) is 4.90 Å². The van der Waals surface area contributed by atoms with Crippen LogP contribution in [0.4, 0.5) is 19.2 Å². The first-order valence-corrected chi connectivity index (χ1v) is 10.9. The predicted octanol–water partition coefficient (Wildman–Crippen LogP) is 4.18. The topological polar surface area (TPSA) is 89.1 Å². The molecule has 0 radical (unpaired) electrons. The van der Waals surface area contributed by atoms with Crippen molar-refractivity contribution in [3.8, 4) is 5.69 Å². The SMILES string of the molecule is C[C@@H]1CCCN(C(=O)c2c(F)cc(F)cc2-n2nccn2)[C@@H]1CNc1nc2cc(F)ccc2o1. The van der Waals surface area contributed by atoms with Crippen molar-refractivity contribution in [3.63, 3.8) is 0 Å². The van der Waals surface area contributed by atoms with E-state index in [2.05, 4.69) is 20.5 Å². The Balaban J connectivity index is 1.43. The molecule has 5 rings (SSSR count). The summed E-state index contributed by atoms with van der Waals surface area (Å²) in [5.41, 5.74) is 0.433. The van der Waals surface area contributed by atoms with E-state index in [4.69, 9.17) is 4.42 Å². The molecule has 1 amide bonds. The van der Waals surface area contributed by atoms with E-state index in [0.29, 0.717) is 23.7 Å². The van der Waals surface area contributed by atoms with Crippen molar-refractivity contribution in [2.24, 2.45) is 5.92 Å². The van der Waals surface area contributed by atoms with Gasteiger partial charge >= 0.3 is 0 Å². The molecule has 176 valence electrons. The Kier molecular flexibility index (Phi) is 5.68. The van der Waals surface area contributed by atoms with Gasteiger partial charge in [0.1, 0.15) is 34.2 Å². The van der Waals surface area contributed by atoms with E-state index in [0.717, 1.165) is 23.7 Å². The summed E-state index contributed by atoms with van der Waals surface area (Å²) in [7, 11) is 0. The number of amides is 1. The molecule has 0 spiro atoms. The Morgan fingerprint density at radius 3 is 2.74 bits per heavy atom. The average Bonchev–Trinajstić information content (AvgIpc) is 3.47. The molecule has 34 heavy (non-hydrogen) atoms. The molecule has 3 heterocycles. The first-order chi connectivity index (χ1) is 16.4. The third kappa shape index (κ3) is 4.09. The van der Waals surface area contributed by atoms with Crippen LogP contribution in [0.3, 0.4) is 0 Å². The number of piperidine rings is 1. The van der Waals surface area contributed by atoms with Gasteiger partial charge in [-0.25, -0.2) is 13.2 Å². The van der Waals surface area contributed by atoms with Crippen molar-refractivity contribution >= 4 is 23.0 Å². The number of benzene rings is 2. The van der Waals surface area contributed by atoms with Crippen LogP contribution in [0.1, 0.15) is 30.1 Å². The average molecular weight is 470 g/mol. The molecule has 0 aliphatic carbocycles. The Labute approximate surface area is 192 Å². The van der Waals surface area contributed by atoms with E-state index < -0.39 is 23.4 Å². The van der Waals surface area contributed by atoms with Crippen LogP contribution in [-0.4, -0.2) is 49.9 Å². The smallest absolute Gasteiger partial charge is 0.295 e. The van der Waals surface area contributed by atoms with E-state index in [1.165, 1.54) is 30.6 Å². The normalized spacial score (nSPS) is 18.4. The van der Waals surface area contributed by atoms with Crippen LogP contribution in [0.5, 0.6) is 0 Å². The number of hydrogen-bond donors (Lipinski definition) is 1. The molecule has 1 aliphatic rings. The number of anilines is 1. The van der Waals surface area contributed by atoms with E-state index in [9.17, 15) is 18.0 Å². The van der Waals surface area contributed by atoms with Gasteiger partial charge < -0.3 is 14.6 Å². The maximum atomic E-state index is 14.9. The number of aromatic nitrogens is 4. The summed E-state index contributed by atoms with van der Waals surface area (Å²) < 4.78 is 48.0. The summed E-state index contributed by atoms with van der Waals surface area (Å²) in [5.74, 6) is -2.74. The molecule has 1 saturated heterocycles. The minimum atomic E-state index is -0.983. The number of nitrogens with one attached hydrogen (secondary N) is 1. The minimum Gasteiger partial charge on any atom is -0.424 e. The molecule has 2 aromatic heterocycles. The number of oxazole rings is 1. The number of likely N-dealkylation sites (tertiary alicyclic amines) is 1. The first kappa shape index (κ1) is 21.9. The van der Waals surface area contributed by atoms with Crippen molar-refractivity contribution in [2.75, 3.05) is 18.4 Å². The number of fused-ring (bicyclic) bond motifs is 1. The Morgan fingerprint density at radius 1 is 1.15 bits per heavy atom. The van der Waals surface area contributed by atoms with Gasteiger partial charge in [0, 0.05) is 31.3 Å². The Hall–Kier alpha value is -3.89. The van der Waals surface area contributed by atoms with Crippen molar-refractivity contribution in [3.05, 3.63) is 65.7 Å². The number of carbonyl (C=O) groups is 1. The van der Waals surface area contributed by atoms with Crippen molar-refractivity contribution in [1.29, 1.82) is 0 Å². The summed E-state index contributed by atoms with van der Waals surface area (Å²) >= 11 is 0. The van der Waals surface area contributed by atoms with Crippen LogP contribution < -0.4 is 5.32 Å². The molecular weight excluding hydrogens is 449 g/mol. The monoisotopic (exact) mass is 470 g/mol. The second-order valence-corrected chi connectivity index (χ2v) is 8.30. The van der Waals surface area contributed by atoms with Crippen LogP contribution in [-0.2, 0) is 0 Å². The second-order valence-electron chi connectivity index (χ2n) is 8.30. The zero-order valence-electron chi connectivity index (χ0n) is 18.2. The quantitative estimate of drug-likeness (QED) is 0.471. The second kappa shape index (κ2) is 8.81. The third-order valence-corrected chi connectivity index (χ3v) is 6.07. The van der Waals surface area contributed by atoms with Gasteiger partial charge in [0.25, 0.3) is 11.9 Å². The molecule has 1 aliphatic heterocycles. The lowest BCUT2D eigenvalue weighted by atomic mass is 9.90. The number of nitrogens with zero attached hydrogens (tertiary/aromatic N) is 5. The molecule has 4 aromatic rings. The van der Waals surface area contributed by atoms with Gasteiger partial charge in [-0.1, -0.05) is 6.92 Å². The van der Waals surface area contributed by atoms with E-state index >= 15 is 0 Å². The van der Waals surface area contributed by atoms with Crippen LogP contribution in [0, 0.1) is 23.4 Å². The molecule has 2 atom stereocenters. The molecular formula is C23H21F3N6O2. The lowest BCUT2D eigenvalue weighted by Crippen LogP contribution is -2.51. The number of hydrogen-bond acceptors (Lipinski definition) is 6. The first-order valence-electron chi connectivity index (χ1n) is 10.9. The predicted molar refractivity (Wildman–Crippen MR) is 117 cm³/mol.